The molecule has 0 aliphatic heterocycles. The lowest BCUT2D eigenvalue weighted by molar-refractivity contribution is -0.149. The molecule has 2 rings (SSSR count). The summed E-state index contributed by atoms with van der Waals surface area (Å²) in [5.41, 5.74) is -1.20. The van der Waals surface area contributed by atoms with Crippen LogP contribution >= 0.6 is 0 Å². The number of esters is 1. The number of hydrogen-bond acceptors (Lipinski definition) is 3. The third-order valence-electron chi connectivity index (χ3n) is 4.16. The SMILES string of the molecule is COC(=O)C(C)(NC1CCCCC1)c1ccc(F)cc1F. The lowest BCUT2D eigenvalue weighted by atomic mass is 9.87. The second kappa shape index (κ2) is 6.52. The number of halogens is 2. The van der Waals surface area contributed by atoms with Crippen LogP contribution in [0.4, 0.5) is 8.78 Å². The largest absolute Gasteiger partial charge is 0.467 e. The minimum Gasteiger partial charge on any atom is -0.467 e. The van der Waals surface area contributed by atoms with Crippen LogP contribution in [0.15, 0.2) is 18.2 Å². The highest BCUT2D eigenvalue weighted by Crippen LogP contribution is 2.29. The number of nitrogens with one attached hydrogen (secondary N) is 1. The first-order valence-corrected chi connectivity index (χ1v) is 7.29. The Hall–Kier alpha value is -1.49. The number of ether oxygens (including phenoxy) is 1. The van der Waals surface area contributed by atoms with Gasteiger partial charge in [0.2, 0.25) is 0 Å². The molecule has 1 fully saturated rings. The molecule has 0 amide bonds. The summed E-state index contributed by atoms with van der Waals surface area (Å²) in [7, 11) is 1.27. The van der Waals surface area contributed by atoms with Gasteiger partial charge in [-0.15, -0.1) is 0 Å². The maximum Gasteiger partial charge on any atom is 0.330 e. The molecule has 3 nitrogen and oxygen atoms in total. The maximum absolute atomic E-state index is 14.1. The predicted octanol–water partition coefficient (Wildman–Crippen LogP) is 3.28. The molecule has 5 heteroatoms. The molecule has 1 unspecified atom stereocenters. The van der Waals surface area contributed by atoms with Crippen molar-refractivity contribution in [2.75, 3.05) is 7.11 Å². The molecule has 1 aromatic carbocycles. The first kappa shape index (κ1) is 15.9. The molecule has 116 valence electrons. The van der Waals surface area contributed by atoms with Gasteiger partial charge in [-0.05, 0) is 25.8 Å². The molecular formula is C16H21F2NO2. The molecule has 0 radical (unpaired) electrons. The minimum atomic E-state index is -1.31. The van der Waals surface area contributed by atoms with Crippen LogP contribution in [0.3, 0.4) is 0 Å². The lowest BCUT2D eigenvalue weighted by Crippen LogP contribution is -2.52. The number of carbonyl (C=O) groups is 1. The summed E-state index contributed by atoms with van der Waals surface area (Å²) < 4.78 is 32.0. The van der Waals surface area contributed by atoms with E-state index >= 15 is 0 Å². The summed E-state index contributed by atoms with van der Waals surface area (Å²) in [4.78, 5) is 12.2. The molecule has 1 saturated carbocycles. The number of carbonyl (C=O) groups excluding carboxylic acids is 1. The highest BCUT2D eigenvalue weighted by molar-refractivity contribution is 5.82. The van der Waals surface area contributed by atoms with Crippen molar-refractivity contribution in [2.45, 2.75) is 50.6 Å². The highest BCUT2D eigenvalue weighted by Gasteiger charge is 2.40. The van der Waals surface area contributed by atoms with Crippen molar-refractivity contribution in [1.82, 2.24) is 5.32 Å². The predicted molar refractivity (Wildman–Crippen MR) is 75.7 cm³/mol. The second-order valence-corrected chi connectivity index (χ2v) is 5.72. The third-order valence-corrected chi connectivity index (χ3v) is 4.16. The fourth-order valence-electron chi connectivity index (χ4n) is 3.00. The maximum atomic E-state index is 14.1. The zero-order valence-electron chi connectivity index (χ0n) is 12.4. The van der Waals surface area contributed by atoms with Gasteiger partial charge in [0.1, 0.15) is 17.2 Å². The van der Waals surface area contributed by atoms with Gasteiger partial charge in [-0.2, -0.15) is 0 Å². The molecule has 1 N–H and O–H groups in total. The van der Waals surface area contributed by atoms with Gasteiger partial charge < -0.3 is 4.74 Å². The van der Waals surface area contributed by atoms with E-state index in [4.69, 9.17) is 4.74 Å². The molecule has 0 heterocycles. The van der Waals surface area contributed by atoms with Crippen LogP contribution in [0.25, 0.3) is 0 Å². The Morgan fingerprint density at radius 3 is 2.52 bits per heavy atom. The van der Waals surface area contributed by atoms with E-state index in [1.807, 2.05) is 0 Å². The van der Waals surface area contributed by atoms with Crippen LogP contribution in [0.5, 0.6) is 0 Å². The van der Waals surface area contributed by atoms with E-state index in [1.54, 1.807) is 6.92 Å². The number of benzene rings is 1. The molecule has 1 aliphatic rings. The van der Waals surface area contributed by atoms with Gasteiger partial charge >= 0.3 is 5.97 Å². The van der Waals surface area contributed by atoms with E-state index in [1.165, 1.54) is 19.6 Å². The molecule has 21 heavy (non-hydrogen) atoms. The molecule has 1 aliphatic carbocycles. The Bertz CT molecular complexity index is 515. The average Bonchev–Trinajstić information content (AvgIpc) is 2.47. The Morgan fingerprint density at radius 2 is 1.95 bits per heavy atom. The molecule has 0 aromatic heterocycles. The van der Waals surface area contributed by atoms with Gasteiger partial charge in [-0.1, -0.05) is 25.3 Å². The summed E-state index contributed by atoms with van der Waals surface area (Å²) in [6.45, 7) is 1.59. The Labute approximate surface area is 123 Å². The molecule has 1 aromatic rings. The zero-order chi connectivity index (χ0) is 15.5. The first-order valence-electron chi connectivity index (χ1n) is 7.29. The minimum absolute atomic E-state index is 0.112. The summed E-state index contributed by atoms with van der Waals surface area (Å²) >= 11 is 0. The third kappa shape index (κ3) is 3.40. The van der Waals surface area contributed by atoms with Crippen molar-refractivity contribution in [3.05, 3.63) is 35.4 Å². The summed E-state index contributed by atoms with van der Waals surface area (Å²) in [6.07, 6.45) is 5.23. The standard InChI is InChI=1S/C16H21F2NO2/c1-16(15(20)21-2,19-12-6-4-3-5-7-12)13-9-8-11(17)10-14(13)18/h8-10,12,19H,3-7H2,1-2H3. The average molecular weight is 297 g/mol. The van der Waals surface area contributed by atoms with Crippen molar-refractivity contribution in [2.24, 2.45) is 0 Å². The normalized spacial score (nSPS) is 19.0. The Morgan fingerprint density at radius 1 is 1.29 bits per heavy atom. The quantitative estimate of drug-likeness (QED) is 0.867. The van der Waals surface area contributed by atoms with Crippen molar-refractivity contribution in [3.63, 3.8) is 0 Å². The van der Waals surface area contributed by atoms with Gasteiger partial charge in [-0.3, -0.25) is 5.32 Å². The topological polar surface area (TPSA) is 38.3 Å². The fraction of sp³-hybridized carbons (Fsp3) is 0.562. The first-order chi connectivity index (χ1) is 9.97. The van der Waals surface area contributed by atoms with Crippen molar-refractivity contribution in [1.29, 1.82) is 0 Å². The van der Waals surface area contributed by atoms with Crippen molar-refractivity contribution >= 4 is 5.97 Å². The number of rotatable bonds is 4. The number of hydrogen-bond donors (Lipinski definition) is 1. The van der Waals surface area contributed by atoms with Gasteiger partial charge in [0.05, 0.1) is 7.11 Å². The van der Waals surface area contributed by atoms with Gasteiger partial charge in [0, 0.05) is 17.7 Å². The fourth-order valence-corrected chi connectivity index (χ4v) is 3.00. The van der Waals surface area contributed by atoms with E-state index in [-0.39, 0.29) is 11.6 Å². The van der Waals surface area contributed by atoms with Crippen LogP contribution in [-0.2, 0) is 15.1 Å². The second-order valence-electron chi connectivity index (χ2n) is 5.72. The lowest BCUT2D eigenvalue weighted by Gasteiger charge is -2.35. The van der Waals surface area contributed by atoms with Crippen LogP contribution < -0.4 is 5.32 Å². The zero-order valence-corrected chi connectivity index (χ0v) is 12.4. The van der Waals surface area contributed by atoms with Gasteiger partial charge in [0.15, 0.2) is 0 Å². The van der Waals surface area contributed by atoms with E-state index in [0.29, 0.717) is 0 Å². The highest BCUT2D eigenvalue weighted by atomic mass is 19.1. The van der Waals surface area contributed by atoms with Gasteiger partial charge in [0.25, 0.3) is 0 Å². The smallest absolute Gasteiger partial charge is 0.330 e. The van der Waals surface area contributed by atoms with Crippen molar-refractivity contribution < 1.29 is 18.3 Å². The molecule has 0 bridgehead atoms. The van der Waals surface area contributed by atoms with E-state index in [9.17, 15) is 13.6 Å². The van der Waals surface area contributed by atoms with Crippen LogP contribution in [0.2, 0.25) is 0 Å². The Kier molecular flexibility index (Phi) is 4.93. The molecular weight excluding hydrogens is 276 g/mol. The van der Waals surface area contributed by atoms with Crippen LogP contribution in [-0.4, -0.2) is 19.1 Å². The summed E-state index contributed by atoms with van der Waals surface area (Å²) in [5.74, 6) is -1.98. The van der Waals surface area contributed by atoms with Gasteiger partial charge in [-0.25, -0.2) is 13.6 Å². The van der Waals surface area contributed by atoms with Crippen LogP contribution in [0, 0.1) is 11.6 Å². The Balaban J connectivity index is 2.33. The molecule has 1 atom stereocenters. The van der Waals surface area contributed by atoms with Crippen LogP contribution in [0.1, 0.15) is 44.6 Å². The van der Waals surface area contributed by atoms with E-state index < -0.39 is 23.1 Å². The number of methoxy groups -OCH3 is 1. The molecule has 0 saturated heterocycles. The summed E-state index contributed by atoms with van der Waals surface area (Å²) in [5, 5.41) is 3.22. The monoisotopic (exact) mass is 297 g/mol. The van der Waals surface area contributed by atoms with E-state index in [2.05, 4.69) is 5.32 Å². The van der Waals surface area contributed by atoms with Crippen molar-refractivity contribution in [3.8, 4) is 0 Å². The summed E-state index contributed by atoms with van der Waals surface area (Å²) in [6, 6.07) is 3.38. The van der Waals surface area contributed by atoms with E-state index in [0.717, 1.165) is 37.8 Å². The molecule has 0 spiro atoms.